The van der Waals surface area contributed by atoms with Crippen LogP contribution in [0.4, 0.5) is 4.79 Å². The van der Waals surface area contributed by atoms with Gasteiger partial charge in [0.15, 0.2) is 0 Å². The van der Waals surface area contributed by atoms with Crippen molar-refractivity contribution in [3.63, 3.8) is 0 Å². The number of amides is 1. The zero-order chi connectivity index (χ0) is 14.2. The van der Waals surface area contributed by atoms with Crippen LogP contribution in [0.2, 0.25) is 0 Å². The van der Waals surface area contributed by atoms with Gasteiger partial charge in [0.2, 0.25) is 0 Å². The Labute approximate surface area is 119 Å². The van der Waals surface area contributed by atoms with Crippen LogP contribution in [0.15, 0.2) is 30.3 Å². The highest BCUT2D eigenvalue weighted by atomic mass is 16.6. The number of hydrogen-bond acceptors (Lipinski definition) is 3. The fourth-order valence-corrected chi connectivity index (χ4v) is 2.16. The van der Waals surface area contributed by atoms with Gasteiger partial charge in [0.25, 0.3) is 0 Å². The quantitative estimate of drug-likeness (QED) is 0.773. The van der Waals surface area contributed by atoms with E-state index in [1.165, 1.54) is 4.90 Å². The van der Waals surface area contributed by atoms with Crippen molar-refractivity contribution >= 4 is 6.09 Å². The lowest BCUT2D eigenvalue weighted by Gasteiger charge is -2.22. The van der Waals surface area contributed by atoms with Crippen LogP contribution in [0.3, 0.4) is 0 Å². The fourth-order valence-electron chi connectivity index (χ4n) is 2.16. The third-order valence-corrected chi connectivity index (χ3v) is 3.19. The summed E-state index contributed by atoms with van der Waals surface area (Å²) in [5.74, 6) is 2.49. The topological polar surface area (TPSA) is 38.8 Å². The zero-order valence-corrected chi connectivity index (χ0v) is 11.5. The van der Waals surface area contributed by atoms with Gasteiger partial charge in [0.1, 0.15) is 6.61 Å². The number of ether oxygens (including phenoxy) is 2. The predicted octanol–water partition coefficient (Wildman–Crippen LogP) is 2.44. The van der Waals surface area contributed by atoms with Crippen molar-refractivity contribution in [2.45, 2.75) is 25.6 Å². The van der Waals surface area contributed by atoms with E-state index < -0.39 is 0 Å². The Kier molecular flexibility index (Phi) is 5.45. The second-order valence-corrected chi connectivity index (χ2v) is 4.76. The molecule has 0 aromatic heterocycles. The standard InChI is InChI=1S/C16H19NO3/c1-2-10-17(12-15-9-6-11-19-15)16(18)20-13-14-7-4-3-5-8-14/h1,3-5,7-8,15H,6,9-13H2. The van der Waals surface area contributed by atoms with Crippen molar-refractivity contribution in [1.29, 1.82) is 0 Å². The number of benzene rings is 1. The van der Waals surface area contributed by atoms with E-state index >= 15 is 0 Å². The van der Waals surface area contributed by atoms with E-state index in [1.54, 1.807) is 0 Å². The number of carbonyl (C=O) groups excluding carboxylic acids is 1. The maximum absolute atomic E-state index is 12.0. The van der Waals surface area contributed by atoms with Gasteiger partial charge in [0.05, 0.1) is 19.2 Å². The molecule has 0 radical (unpaired) electrons. The Bertz CT molecular complexity index is 460. The third-order valence-electron chi connectivity index (χ3n) is 3.19. The van der Waals surface area contributed by atoms with Crippen molar-refractivity contribution in [1.82, 2.24) is 4.90 Å². The Morgan fingerprint density at radius 2 is 2.25 bits per heavy atom. The van der Waals surface area contributed by atoms with Crippen LogP contribution in [0.25, 0.3) is 0 Å². The van der Waals surface area contributed by atoms with Crippen LogP contribution in [0, 0.1) is 12.3 Å². The molecule has 1 unspecified atom stereocenters. The van der Waals surface area contributed by atoms with Crippen molar-refractivity contribution < 1.29 is 14.3 Å². The molecule has 20 heavy (non-hydrogen) atoms. The molecule has 0 N–H and O–H groups in total. The molecule has 4 nitrogen and oxygen atoms in total. The van der Waals surface area contributed by atoms with E-state index in [4.69, 9.17) is 15.9 Å². The summed E-state index contributed by atoms with van der Waals surface area (Å²) < 4.78 is 10.8. The number of carbonyl (C=O) groups is 1. The molecule has 106 valence electrons. The van der Waals surface area contributed by atoms with Crippen LogP contribution >= 0.6 is 0 Å². The minimum Gasteiger partial charge on any atom is -0.445 e. The average molecular weight is 273 g/mol. The summed E-state index contributed by atoms with van der Waals surface area (Å²) in [6, 6.07) is 9.58. The van der Waals surface area contributed by atoms with Crippen molar-refractivity contribution in [3.8, 4) is 12.3 Å². The molecule has 0 spiro atoms. The lowest BCUT2D eigenvalue weighted by atomic mass is 10.2. The fraction of sp³-hybridized carbons (Fsp3) is 0.438. The van der Waals surface area contributed by atoms with Gasteiger partial charge < -0.3 is 9.47 Å². The summed E-state index contributed by atoms with van der Waals surface area (Å²) in [6.45, 7) is 1.76. The maximum Gasteiger partial charge on any atom is 0.410 e. The molecule has 1 aromatic carbocycles. The van der Waals surface area contributed by atoms with Gasteiger partial charge >= 0.3 is 6.09 Å². The van der Waals surface area contributed by atoms with Gasteiger partial charge in [-0.05, 0) is 18.4 Å². The second kappa shape index (κ2) is 7.56. The summed E-state index contributed by atoms with van der Waals surface area (Å²) in [6.07, 6.45) is 7.00. The van der Waals surface area contributed by atoms with Gasteiger partial charge in [0, 0.05) is 6.61 Å². The Balaban J connectivity index is 1.84. The Morgan fingerprint density at radius 3 is 2.90 bits per heavy atom. The number of hydrogen-bond donors (Lipinski definition) is 0. The normalized spacial score (nSPS) is 17.4. The molecule has 1 fully saturated rings. The van der Waals surface area contributed by atoms with Crippen LogP contribution in [-0.2, 0) is 16.1 Å². The maximum atomic E-state index is 12.0. The smallest absolute Gasteiger partial charge is 0.410 e. The van der Waals surface area contributed by atoms with E-state index in [0.29, 0.717) is 6.54 Å². The van der Waals surface area contributed by atoms with Gasteiger partial charge in [-0.3, -0.25) is 4.90 Å². The molecule has 1 atom stereocenters. The first-order valence-corrected chi connectivity index (χ1v) is 6.80. The van der Waals surface area contributed by atoms with Gasteiger partial charge in [-0.25, -0.2) is 4.79 Å². The van der Waals surface area contributed by atoms with E-state index in [9.17, 15) is 4.79 Å². The average Bonchev–Trinajstić information content (AvgIpc) is 2.98. The molecular weight excluding hydrogens is 254 g/mol. The highest BCUT2D eigenvalue weighted by molar-refractivity contribution is 5.68. The summed E-state index contributed by atoms with van der Waals surface area (Å²) in [4.78, 5) is 13.6. The van der Waals surface area contributed by atoms with Crippen LogP contribution in [0.5, 0.6) is 0 Å². The summed E-state index contributed by atoms with van der Waals surface area (Å²) in [5, 5.41) is 0. The number of nitrogens with zero attached hydrogens (tertiary/aromatic N) is 1. The zero-order valence-electron chi connectivity index (χ0n) is 11.5. The first-order chi connectivity index (χ1) is 9.79. The Morgan fingerprint density at radius 1 is 1.45 bits per heavy atom. The highest BCUT2D eigenvalue weighted by Crippen LogP contribution is 2.14. The van der Waals surface area contributed by atoms with Crippen LogP contribution in [0.1, 0.15) is 18.4 Å². The Hall–Kier alpha value is -1.99. The van der Waals surface area contributed by atoms with E-state index in [1.807, 2.05) is 30.3 Å². The minimum atomic E-state index is -0.387. The highest BCUT2D eigenvalue weighted by Gasteiger charge is 2.22. The molecule has 1 aliphatic heterocycles. The van der Waals surface area contributed by atoms with Gasteiger partial charge in [-0.2, -0.15) is 0 Å². The van der Waals surface area contributed by atoms with Crippen molar-refractivity contribution in [2.24, 2.45) is 0 Å². The summed E-state index contributed by atoms with van der Waals surface area (Å²) >= 11 is 0. The largest absolute Gasteiger partial charge is 0.445 e. The summed E-state index contributed by atoms with van der Waals surface area (Å²) in [7, 11) is 0. The third kappa shape index (κ3) is 4.29. The van der Waals surface area contributed by atoms with Gasteiger partial charge in [-0.15, -0.1) is 6.42 Å². The first-order valence-electron chi connectivity index (χ1n) is 6.80. The molecule has 2 rings (SSSR count). The van der Waals surface area contributed by atoms with Crippen LogP contribution in [-0.4, -0.2) is 36.8 Å². The molecule has 0 bridgehead atoms. The molecule has 1 saturated heterocycles. The lowest BCUT2D eigenvalue weighted by molar-refractivity contribution is 0.0577. The molecule has 0 saturated carbocycles. The predicted molar refractivity (Wildman–Crippen MR) is 76.0 cm³/mol. The van der Waals surface area contributed by atoms with Crippen molar-refractivity contribution in [3.05, 3.63) is 35.9 Å². The van der Waals surface area contributed by atoms with Gasteiger partial charge in [-0.1, -0.05) is 36.3 Å². The SMILES string of the molecule is C#CCN(CC1CCCO1)C(=O)OCc1ccccc1. The molecule has 0 aliphatic carbocycles. The van der Waals surface area contributed by atoms with E-state index in [0.717, 1.165) is 25.0 Å². The molecular formula is C16H19NO3. The molecule has 1 aromatic rings. The molecule has 1 amide bonds. The number of rotatable bonds is 5. The van der Waals surface area contributed by atoms with E-state index in [-0.39, 0.29) is 25.3 Å². The molecule has 1 heterocycles. The van der Waals surface area contributed by atoms with Crippen LogP contribution < -0.4 is 0 Å². The van der Waals surface area contributed by atoms with E-state index in [2.05, 4.69) is 5.92 Å². The summed E-state index contributed by atoms with van der Waals surface area (Å²) in [5.41, 5.74) is 0.957. The monoisotopic (exact) mass is 273 g/mol. The number of terminal acetylenes is 1. The van der Waals surface area contributed by atoms with Crippen molar-refractivity contribution in [2.75, 3.05) is 19.7 Å². The minimum absolute atomic E-state index is 0.0765. The lowest BCUT2D eigenvalue weighted by Crippen LogP contribution is -2.38. The second-order valence-electron chi connectivity index (χ2n) is 4.76. The first kappa shape index (κ1) is 14.4. The molecule has 1 aliphatic rings. The molecule has 4 heteroatoms.